The normalized spacial score (nSPS) is 21.9. The van der Waals surface area contributed by atoms with E-state index >= 15 is 0 Å². The second kappa shape index (κ2) is 6.01. The van der Waals surface area contributed by atoms with Gasteiger partial charge in [-0.3, -0.25) is 5.43 Å². The predicted octanol–water partition coefficient (Wildman–Crippen LogP) is 2.64. The van der Waals surface area contributed by atoms with Crippen LogP contribution in [0.1, 0.15) is 17.2 Å². The number of rotatable bonds is 3. The van der Waals surface area contributed by atoms with E-state index in [1.54, 1.807) is 24.3 Å². The molecule has 22 heavy (non-hydrogen) atoms. The van der Waals surface area contributed by atoms with Gasteiger partial charge < -0.3 is 0 Å². The van der Waals surface area contributed by atoms with Crippen molar-refractivity contribution in [2.45, 2.75) is 23.1 Å². The minimum atomic E-state index is -3.42. The molecule has 1 aliphatic rings. The molecule has 2 N–H and O–H groups in total. The third-order valence-corrected chi connectivity index (χ3v) is 6.33. The smallest absolute Gasteiger partial charge is 0.184 e. The molecule has 2 atom stereocenters. The van der Waals surface area contributed by atoms with Gasteiger partial charge in [0.15, 0.2) is 9.84 Å². The van der Waals surface area contributed by atoms with Gasteiger partial charge in [0.05, 0.1) is 10.9 Å². The molecule has 4 nitrogen and oxygen atoms in total. The molecule has 1 heterocycles. The van der Waals surface area contributed by atoms with Gasteiger partial charge in [-0.15, -0.1) is 0 Å². The van der Waals surface area contributed by atoms with Gasteiger partial charge in [0, 0.05) is 11.6 Å². The fraction of sp³-hybridized carbons (Fsp3) is 0.250. The molecule has 6 heteroatoms. The first-order valence-corrected chi connectivity index (χ1v) is 8.95. The topological polar surface area (TPSA) is 58.2 Å². The monoisotopic (exact) mass is 336 g/mol. The van der Waals surface area contributed by atoms with Crippen LogP contribution in [0.2, 0.25) is 5.02 Å². The van der Waals surface area contributed by atoms with Crippen molar-refractivity contribution in [3.8, 4) is 0 Å². The van der Waals surface area contributed by atoms with Crippen molar-refractivity contribution in [1.82, 2.24) is 10.9 Å². The molecule has 116 valence electrons. The maximum absolute atomic E-state index is 12.9. The maximum atomic E-state index is 12.9. The summed E-state index contributed by atoms with van der Waals surface area (Å²) < 4.78 is 25.8. The van der Waals surface area contributed by atoms with Crippen molar-refractivity contribution >= 4 is 21.4 Å². The Kier molecular flexibility index (Phi) is 4.23. The van der Waals surface area contributed by atoms with Crippen LogP contribution in [0.5, 0.6) is 0 Å². The van der Waals surface area contributed by atoms with E-state index in [4.69, 9.17) is 11.6 Å². The zero-order chi connectivity index (χ0) is 15.7. The number of benzene rings is 2. The summed E-state index contributed by atoms with van der Waals surface area (Å²) in [5, 5.41) is 0.0732. The summed E-state index contributed by atoms with van der Waals surface area (Å²) in [6.45, 7) is 2.30. The van der Waals surface area contributed by atoms with Crippen LogP contribution in [-0.4, -0.2) is 20.2 Å². The van der Waals surface area contributed by atoms with Crippen LogP contribution in [0.15, 0.2) is 53.4 Å². The lowest BCUT2D eigenvalue weighted by Crippen LogP contribution is -2.30. The molecule has 2 aromatic carbocycles. The molecule has 0 aromatic heterocycles. The van der Waals surface area contributed by atoms with Crippen molar-refractivity contribution in [3.63, 3.8) is 0 Å². The van der Waals surface area contributed by atoms with Crippen molar-refractivity contribution < 1.29 is 8.42 Å². The van der Waals surface area contributed by atoms with Crippen LogP contribution in [0, 0.1) is 6.92 Å². The average Bonchev–Trinajstić information content (AvgIpc) is 2.99. The Morgan fingerprint density at radius 1 is 1.05 bits per heavy atom. The molecule has 0 bridgehead atoms. The second-order valence-corrected chi connectivity index (χ2v) is 8.05. The van der Waals surface area contributed by atoms with Gasteiger partial charge in [0.1, 0.15) is 5.25 Å². The Hall–Kier alpha value is -1.40. The average molecular weight is 337 g/mol. The molecule has 2 aromatic rings. The Morgan fingerprint density at radius 2 is 1.68 bits per heavy atom. The Labute approximate surface area is 135 Å². The lowest BCUT2D eigenvalue weighted by atomic mass is 10.1. The highest BCUT2D eigenvalue weighted by molar-refractivity contribution is 7.92. The van der Waals surface area contributed by atoms with Gasteiger partial charge >= 0.3 is 0 Å². The Morgan fingerprint density at radius 3 is 2.32 bits per heavy atom. The molecular formula is C16H17ClN2O2S. The fourth-order valence-electron chi connectivity index (χ4n) is 2.64. The van der Waals surface area contributed by atoms with E-state index in [0.29, 0.717) is 16.5 Å². The number of sulfone groups is 1. The highest BCUT2D eigenvalue weighted by atomic mass is 35.5. The summed E-state index contributed by atoms with van der Waals surface area (Å²) in [5.41, 5.74) is 7.95. The molecular weight excluding hydrogens is 320 g/mol. The summed E-state index contributed by atoms with van der Waals surface area (Å²) in [6.07, 6.45) is 0. The van der Waals surface area contributed by atoms with E-state index in [0.717, 1.165) is 11.1 Å². The van der Waals surface area contributed by atoms with E-state index in [-0.39, 0.29) is 6.04 Å². The number of halogens is 1. The first-order valence-electron chi connectivity index (χ1n) is 7.03. The second-order valence-electron chi connectivity index (χ2n) is 5.45. The summed E-state index contributed by atoms with van der Waals surface area (Å²) >= 11 is 5.90. The van der Waals surface area contributed by atoms with Crippen molar-refractivity contribution in [3.05, 3.63) is 64.7 Å². The van der Waals surface area contributed by atoms with E-state index in [9.17, 15) is 8.42 Å². The Bertz CT molecular complexity index is 758. The largest absolute Gasteiger partial charge is 0.256 e. The van der Waals surface area contributed by atoms with Crippen LogP contribution < -0.4 is 10.9 Å². The van der Waals surface area contributed by atoms with Crippen LogP contribution in [0.25, 0.3) is 0 Å². The van der Waals surface area contributed by atoms with Crippen LogP contribution in [0.3, 0.4) is 0 Å². The van der Waals surface area contributed by atoms with Crippen molar-refractivity contribution in [1.29, 1.82) is 0 Å². The molecule has 1 aliphatic heterocycles. The molecule has 0 aliphatic carbocycles. The zero-order valence-electron chi connectivity index (χ0n) is 12.1. The number of aryl methyl sites for hydroxylation is 1. The highest BCUT2D eigenvalue weighted by Gasteiger charge is 2.39. The SMILES string of the molecule is Cc1ccc(S(=O)(=O)C2CNNC2c2ccc(Cl)cc2)cc1. The molecule has 3 rings (SSSR count). The first kappa shape index (κ1) is 15.5. The molecule has 0 spiro atoms. The molecule has 0 amide bonds. The molecule has 2 unspecified atom stereocenters. The van der Waals surface area contributed by atoms with Crippen LogP contribution in [0.4, 0.5) is 0 Å². The maximum Gasteiger partial charge on any atom is 0.184 e. The quantitative estimate of drug-likeness (QED) is 0.904. The number of hydrogen-bond donors (Lipinski definition) is 2. The zero-order valence-corrected chi connectivity index (χ0v) is 13.7. The van der Waals surface area contributed by atoms with Crippen molar-refractivity contribution in [2.75, 3.05) is 6.54 Å². The van der Waals surface area contributed by atoms with Gasteiger partial charge in [-0.1, -0.05) is 41.4 Å². The molecule has 0 radical (unpaired) electrons. The van der Waals surface area contributed by atoms with Crippen molar-refractivity contribution in [2.24, 2.45) is 0 Å². The Balaban J connectivity index is 1.95. The lowest BCUT2D eigenvalue weighted by molar-refractivity contribution is 0.553. The summed E-state index contributed by atoms with van der Waals surface area (Å²) in [7, 11) is -3.42. The standard InChI is InChI=1S/C16H17ClN2O2S/c1-11-2-8-14(9-3-11)22(20,21)15-10-18-19-16(15)12-4-6-13(17)7-5-12/h2-9,15-16,18-19H,10H2,1H3. The van der Waals surface area contributed by atoms with Gasteiger partial charge in [-0.05, 0) is 36.8 Å². The van der Waals surface area contributed by atoms with E-state index in [2.05, 4.69) is 10.9 Å². The van der Waals surface area contributed by atoms with Gasteiger partial charge in [-0.2, -0.15) is 0 Å². The van der Waals surface area contributed by atoms with Crippen LogP contribution >= 0.6 is 11.6 Å². The lowest BCUT2D eigenvalue weighted by Gasteiger charge is -2.19. The summed E-state index contributed by atoms with van der Waals surface area (Å²) in [6, 6.07) is 13.9. The highest BCUT2D eigenvalue weighted by Crippen LogP contribution is 2.30. The van der Waals surface area contributed by atoms with Gasteiger partial charge in [0.2, 0.25) is 0 Å². The van der Waals surface area contributed by atoms with E-state index in [1.165, 1.54) is 0 Å². The number of hydrogen-bond acceptors (Lipinski definition) is 4. The fourth-order valence-corrected chi connectivity index (χ4v) is 4.52. The summed E-state index contributed by atoms with van der Waals surface area (Å²) in [5.74, 6) is 0. The number of nitrogens with one attached hydrogen (secondary N) is 2. The van der Waals surface area contributed by atoms with Crippen LogP contribution in [-0.2, 0) is 9.84 Å². The molecule has 1 fully saturated rings. The van der Waals surface area contributed by atoms with Gasteiger partial charge in [0.25, 0.3) is 0 Å². The minimum absolute atomic E-state index is 0.302. The number of hydrazine groups is 1. The third kappa shape index (κ3) is 2.90. The molecule has 1 saturated heterocycles. The molecule has 0 saturated carbocycles. The predicted molar refractivity (Wildman–Crippen MR) is 87.5 cm³/mol. The van der Waals surface area contributed by atoms with E-state index in [1.807, 2.05) is 31.2 Å². The van der Waals surface area contributed by atoms with Gasteiger partial charge in [-0.25, -0.2) is 13.8 Å². The summed E-state index contributed by atoms with van der Waals surface area (Å²) in [4.78, 5) is 0.354. The van der Waals surface area contributed by atoms with E-state index < -0.39 is 15.1 Å². The third-order valence-electron chi connectivity index (χ3n) is 3.91. The minimum Gasteiger partial charge on any atom is -0.256 e. The first-order chi connectivity index (χ1) is 10.5.